The highest BCUT2D eigenvalue weighted by molar-refractivity contribution is 6.81. The van der Waals surface area contributed by atoms with Crippen molar-refractivity contribution in [3.05, 3.63) is 60.7 Å². The summed E-state index contributed by atoms with van der Waals surface area (Å²) >= 11 is 0. The minimum absolute atomic E-state index is 0.675. The summed E-state index contributed by atoms with van der Waals surface area (Å²) in [5.41, 5.74) is 1.07. The fourth-order valence-electron chi connectivity index (χ4n) is 2.03. The Morgan fingerprint density at radius 3 is 1.89 bits per heavy atom. The third-order valence-corrected chi connectivity index (χ3v) is 6.35. The van der Waals surface area contributed by atoms with Crippen molar-refractivity contribution >= 4 is 19.4 Å². The molecule has 0 aliphatic rings. The van der Waals surface area contributed by atoms with Crippen LogP contribution in [0.5, 0.6) is 0 Å². The van der Waals surface area contributed by atoms with Gasteiger partial charge < -0.3 is 14.2 Å². The Hall–Kier alpha value is -1.62. The van der Waals surface area contributed by atoms with Gasteiger partial charge in [0.2, 0.25) is 0 Å². The molecule has 0 saturated carbocycles. The van der Waals surface area contributed by atoms with E-state index in [1.54, 1.807) is 14.2 Å². The molecule has 0 fully saturated rings. The molecule has 0 radical (unpaired) electrons. The van der Waals surface area contributed by atoms with Crippen molar-refractivity contribution in [2.24, 2.45) is 0 Å². The maximum atomic E-state index is 5.75. The lowest BCUT2D eigenvalue weighted by atomic mass is 10.3. The summed E-state index contributed by atoms with van der Waals surface area (Å²) in [5.74, 6) is 0. The molecule has 0 amide bonds. The van der Waals surface area contributed by atoms with E-state index in [1.165, 1.54) is 0 Å². The Bertz CT molecular complexity index is 486. The molecule has 4 heteroatoms. The predicted molar refractivity (Wildman–Crippen MR) is 80.8 cm³/mol. The van der Waals surface area contributed by atoms with Crippen LogP contribution in [-0.4, -0.2) is 28.9 Å². The van der Waals surface area contributed by atoms with E-state index in [1.807, 2.05) is 48.5 Å². The van der Waals surface area contributed by atoms with E-state index in [-0.39, 0.29) is 0 Å². The summed E-state index contributed by atoms with van der Waals surface area (Å²) in [6.07, 6.45) is 0.675. The smallest absolute Gasteiger partial charge is 0.391 e. The van der Waals surface area contributed by atoms with Gasteiger partial charge in [0.05, 0.1) is 6.17 Å². The highest BCUT2D eigenvalue weighted by Crippen LogP contribution is 2.10. The number of nitrogens with one attached hydrogen (secondary N) is 1. The van der Waals surface area contributed by atoms with Gasteiger partial charge in [-0.3, -0.25) is 0 Å². The fraction of sp³-hybridized carbons (Fsp3) is 0.200. The Labute approximate surface area is 115 Å². The molecule has 0 spiro atoms. The van der Waals surface area contributed by atoms with Gasteiger partial charge in [-0.25, -0.2) is 0 Å². The minimum Gasteiger partial charge on any atom is -0.393 e. The molecule has 2 aromatic rings. The van der Waals surface area contributed by atoms with Crippen molar-refractivity contribution in [1.82, 2.24) is 0 Å². The van der Waals surface area contributed by atoms with E-state index < -0.39 is 8.56 Å². The Kier molecular flexibility index (Phi) is 4.73. The summed E-state index contributed by atoms with van der Waals surface area (Å²) in [6, 6.07) is 20.2. The predicted octanol–water partition coefficient (Wildman–Crippen LogP) is 2.28. The second-order valence-electron chi connectivity index (χ2n) is 4.25. The highest BCUT2D eigenvalue weighted by Gasteiger charge is 2.37. The van der Waals surface area contributed by atoms with Crippen LogP contribution in [0.2, 0.25) is 0 Å². The second-order valence-corrected chi connectivity index (χ2v) is 7.50. The highest BCUT2D eigenvalue weighted by atomic mass is 28.4. The summed E-state index contributed by atoms with van der Waals surface area (Å²) < 4.78 is 11.5. The summed E-state index contributed by atoms with van der Waals surface area (Å²) in [4.78, 5) is 0. The fourth-order valence-corrected chi connectivity index (χ4v) is 4.30. The van der Waals surface area contributed by atoms with E-state index in [9.17, 15) is 0 Å². The quantitative estimate of drug-likeness (QED) is 0.819. The van der Waals surface area contributed by atoms with Gasteiger partial charge in [-0.2, -0.15) is 0 Å². The number of rotatable bonds is 6. The van der Waals surface area contributed by atoms with Crippen LogP contribution in [0.3, 0.4) is 0 Å². The van der Waals surface area contributed by atoms with Crippen LogP contribution in [0, 0.1) is 0 Å². The van der Waals surface area contributed by atoms with Crippen molar-refractivity contribution in [3.63, 3.8) is 0 Å². The molecule has 1 N–H and O–H groups in total. The first-order valence-electron chi connectivity index (χ1n) is 6.25. The standard InChI is InChI=1S/C15H19NO2Si/c1-17-19(18-2,15-11-7-4-8-12-15)13-16-14-9-5-3-6-10-14/h3-12,16H,13H2,1-2H3. The molecule has 0 aliphatic heterocycles. The number of benzene rings is 2. The number of anilines is 1. The summed E-state index contributed by atoms with van der Waals surface area (Å²) in [6.45, 7) is 0. The van der Waals surface area contributed by atoms with E-state index in [0.717, 1.165) is 10.9 Å². The van der Waals surface area contributed by atoms with Gasteiger partial charge in [-0.1, -0.05) is 48.5 Å². The van der Waals surface area contributed by atoms with Crippen molar-refractivity contribution in [1.29, 1.82) is 0 Å². The van der Waals surface area contributed by atoms with Crippen LogP contribution < -0.4 is 10.5 Å². The first-order valence-corrected chi connectivity index (χ1v) is 8.28. The number of hydrogen-bond acceptors (Lipinski definition) is 3. The molecule has 0 bridgehead atoms. The third-order valence-electron chi connectivity index (χ3n) is 3.17. The summed E-state index contributed by atoms with van der Waals surface area (Å²) in [7, 11) is 1.02. The molecule has 19 heavy (non-hydrogen) atoms. The zero-order valence-electron chi connectivity index (χ0n) is 11.3. The van der Waals surface area contributed by atoms with Crippen molar-refractivity contribution in [2.45, 2.75) is 0 Å². The molecule has 0 unspecified atom stereocenters. The molecular weight excluding hydrogens is 254 g/mol. The van der Waals surface area contributed by atoms with Crippen LogP contribution in [0.25, 0.3) is 0 Å². The molecule has 100 valence electrons. The van der Waals surface area contributed by atoms with E-state index >= 15 is 0 Å². The zero-order chi connectivity index (χ0) is 13.6. The Morgan fingerprint density at radius 2 is 1.37 bits per heavy atom. The first kappa shape index (κ1) is 13.8. The van der Waals surface area contributed by atoms with Gasteiger partial charge in [0, 0.05) is 19.9 Å². The monoisotopic (exact) mass is 273 g/mol. The minimum atomic E-state index is -2.41. The van der Waals surface area contributed by atoms with Gasteiger partial charge in [-0.05, 0) is 17.3 Å². The molecule has 0 atom stereocenters. The van der Waals surface area contributed by atoms with Gasteiger partial charge in [0.15, 0.2) is 0 Å². The third kappa shape index (κ3) is 3.23. The molecule has 2 aromatic carbocycles. The van der Waals surface area contributed by atoms with Crippen molar-refractivity contribution in [3.8, 4) is 0 Å². The number of hydrogen-bond donors (Lipinski definition) is 1. The lowest BCUT2D eigenvalue weighted by Gasteiger charge is -2.28. The molecule has 0 aromatic heterocycles. The average Bonchev–Trinajstić information content (AvgIpc) is 2.51. The van der Waals surface area contributed by atoms with Crippen LogP contribution in [0.4, 0.5) is 5.69 Å². The van der Waals surface area contributed by atoms with Crippen molar-refractivity contribution in [2.75, 3.05) is 25.7 Å². The number of para-hydroxylation sites is 1. The molecule has 3 nitrogen and oxygen atoms in total. The lowest BCUT2D eigenvalue weighted by molar-refractivity contribution is 0.260. The topological polar surface area (TPSA) is 30.5 Å². The lowest BCUT2D eigenvalue weighted by Crippen LogP contribution is -2.58. The Morgan fingerprint density at radius 1 is 0.842 bits per heavy atom. The maximum absolute atomic E-state index is 5.75. The van der Waals surface area contributed by atoms with Crippen molar-refractivity contribution < 1.29 is 8.85 Å². The molecule has 0 aliphatic carbocycles. The van der Waals surface area contributed by atoms with Gasteiger partial charge in [0.25, 0.3) is 0 Å². The van der Waals surface area contributed by atoms with Crippen LogP contribution >= 0.6 is 0 Å². The Balaban J connectivity index is 2.16. The zero-order valence-corrected chi connectivity index (χ0v) is 12.3. The van der Waals surface area contributed by atoms with E-state index in [0.29, 0.717) is 6.17 Å². The average molecular weight is 273 g/mol. The van der Waals surface area contributed by atoms with Gasteiger partial charge >= 0.3 is 8.56 Å². The SMILES string of the molecule is CO[Si](CNc1ccccc1)(OC)c1ccccc1. The normalized spacial score (nSPS) is 11.3. The van der Waals surface area contributed by atoms with Gasteiger partial charge in [0.1, 0.15) is 0 Å². The molecule has 0 heterocycles. The molecular formula is C15H19NO2Si. The van der Waals surface area contributed by atoms with E-state index in [2.05, 4.69) is 17.4 Å². The first-order chi connectivity index (χ1) is 9.30. The largest absolute Gasteiger partial charge is 0.393 e. The molecule has 0 saturated heterocycles. The maximum Gasteiger partial charge on any atom is 0.391 e. The van der Waals surface area contributed by atoms with E-state index in [4.69, 9.17) is 8.85 Å². The van der Waals surface area contributed by atoms with Gasteiger partial charge in [-0.15, -0.1) is 0 Å². The van der Waals surface area contributed by atoms with Crippen LogP contribution in [0.15, 0.2) is 60.7 Å². The second kappa shape index (κ2) is 6.52. The van der Waals surface area contributed by atoms with Crippen LogP contribution in [0.1, 0.15) is 0 Å². The summed E-state index contributed by atoms with van der Waals surface area (Å²) in [5, 5.41) is 4.53. The molecule has 2 rings (SSSR count). The van der Waals surface area contributed by atoms with Crippen LogP contribution in [-0.2, 0) is 8.85 Å².